The Kier molecular flexibility index (Phi) is 4.06. The summed E-state index contributed by atoms with van der Waals surface area (Å²) in [6.07, 6.45) is 5.25. The van der Waals surface area contributed by atoms with Crippen molar-refractivity contribution in [2.24, 2.45) is 0 Å². The van der Waals surface area contributed by atoms with Gasteiger partial charge >= 0.3 is 0 Å². The fourth-order valence-electron chi connectivity index (χ4n) is 3.26. The Bertz CT molecular complexity index is 948. The highest BCUT2D eigenvalue weighted by Gasteiger charge is 2.20. The molecule has 3 aromatic carbocycles. The van der Waals surface area contributed by atoms with Crippen molar-refractivity contribution < 1.29 is 0 Å². The summed E-state index contributed by atoms with van der Waals surface area (Å²) in [5.41, 5.74) is 6.79. The Hall–Kier alpha value is -3.31. The van der Waals surface area contributed by atoms with Gasteiger partial charge in [0.1, 0.15) is 0 Å². The van der Waals surface area contributed by atoms with Crippen LogP contribution in [0.25, 0.3) is 12.2 Å². The van der Waals surface area contributed by atoms with Crippen LogP contribution in [0.1, 0.15) is 22.3 Å². The third-order valence-electron chi connectivity index (χ3n) is 4.58. The molecule has 2 heteroatoms. The van der Waals surface area contributed by atoms with Crippen LogP contribution in [0.3, 0.4) is 0 Å². The van der Waals surface area contributed by atoms with Crippen LogP contribution in [-0.4, -0.2) is 6.54 Å². The Morgan fingerprint density at radius 2 is 1.56 bits per heavy atom. The molecule has 0 aliphatic carbocycles. The number of hydrogen-bond donors (Lipinski definition) is 0. The second-order valence-corrected chi connectivity index (χ2v) is 6.19. The van der Waals surface area contributed by atoms with Gasteiger partial charge in [0.25, 0.3) is 0 Å². The molecule has 3 aromatic rings. The number of fused-ring (bicyclic) bond motifs is 1. The maximum atomic E-state index is 9.05. The van der Waals surface area contributed by atoms with Gasteiger partial charge in [0.05, 0.1) is 11.6 Å². The van der Waals surface area contributed by atoms with E-state index in [1.54, 1.807) is 0 Å². The van der Waals surface area contributed by atoms with Crippen molar-refractivity contribution in [2.75, 3.05) is 11.4 Å². The third kappa shape index (κ3) is 3.18. The minimum absolute atomic E-state index is 0.738. The fourth-order valence-corrected chi connectivity index (χ4v) is 3.26. The summed E-state index contributed by atoms with van der Waals surface area (Å²) in [4.78, 5) is 2.32. The molecular weight excluding hydrogens is 304 g/mol. The highest BCUT2D eigenvalue weighted by atomic mass is 15.2. The molecule has 0 radical (unpaired) electrons. The van der Waals surface area contributed by atoms with Crippen LogP contribution in [0, 0.1) is 11.3 Å². The highest BCUT2D eigenvalue weighted by Crippen LogP contribution is 2.35. The van der Waals surface area contributed by atoms with E-state index < -0.39 is 0 Å². The van der Waals surface area contributed by atoms with E-state index in [0.29, 0.717) is 0 Å². The Labute approximate surface area is 148 Å². The van der Waals surface area contributed by atoms with Crippen LogP contribution in [0.15, 0.2) is 72.8 Å². The standard InChI is InChI=1S/C23H18N2/c24-17-20-10-13-23-21(16-20)14-15-25(23)22-11-8-19(9-12-22)7-6-18-4-2-1-3-5-18/h1-13,16H,14-15H2/b7-6+. The van der Waals surface area contributed by atoms with Crippen molar-refractivity contribution in [1.29, 1.82) is 5.26 Å². The van der Waals surface area contributed by atoms with E-state index in [9.17, 15) is 0 Å². The lowest BCUT2D eigenvalue weighted by molar-refractivity contribution is 0.998. The summed E-state index contributed by atoms with van der Waals surface area (Å²) in [5.74, 6) is 0. The second kappa shape index (κ2) is 6.67. The molecule has 1 aliphatic rings. The molecule has 120 valence electrons. The van der Waals surface area contributed by atoms with Gasteiger partial charge in [-0.2, -0.15) is 5.26 Å². The SMILES string of the molecule is N#Cc1ccc2c(c1)CCN2c1ccc(/C=C/c2ccccc2)cc1. The minimum Gasteiger partial charge on any atom is -0.341 e. The number of hydrogen-bond acceptors (Lipinski definition) is 2. The predicted octanol–water partition coefficient (Wildman–Crippen LogP) is 5.42. The summed E-state index contributed by atoms with van der Waals surface area (Å²) in [7, 11) is 0. The monoisotopic (exact) mass is 322 g/mol. The quantitative estimate of drug-likeness (QED) is 0.602. The molecule has 0 saturated carbocycles. The second-order valence-electron chi connectivity index (χ2n) is 6.19. The first-order chi connectivity index (χ1) is 12.3. The van der Waals surface area contributed by atoms with E-state index in [-0.39, 0.29) is 0 Å². The van der Waals surface area contributed by atoms with Gasteiger partial charge in [-0.15, -0.1) is 0 Å². The molecule has 0 saturated heterocycles. The van der Waals surface area contributed by atoms with Gasteiger partial charge in [0.2, 0.25) is 0 Å². The van der Waals surface area contributed by atoms with Crippen LogP contribution < -0.4 is 4.90 Å². The Morgan fingerprint density at radius 3 is 2.28 bits per heavy atom. The van der Waals surface area contributed by atoms with Gasteiger partial charge < -0.3 is 4.90 Å². The van der Waals surface area contributed by atoms with Crippen molar-refractivity contribution in [3.05, 3.63) is 95.1 Å². The molecular formula is C23H18N2. The van der Waals surface area contributed by atoms with Crippen molar-refractivity contribution in [2.45, 2.75) is 6.42 Å². The largest absolute Gasteiger partial charge is 0.341 e. The first-order valence-electron chi connectivity index (χ1n) is 8.47. The van der Waals surface area contributed by atoms with Crippen molar-refractivity contribution in [3.8, 4) is 6.07 Å². The molecule has 0 unspecified atom stereocenters. The van der Waals surface area contributed by atoms with Gasteiger partial charge in [-0.3, -0.25) is 0 Å². The third-order valence-corrected chi connectivity index (χ3v) is 4.58. The van der Waals surface area contributed by atoms with E-state index in [1.165, 1.54) is 28.1 Å². The first-order valence-corrected chi connectivity index (χ1v) is 8.47. The van der Waals surface area contributed by atoms with Gasteiger partial charge in [-0.25, -0.2) is 0 Å². The fraction of sp³-hybridized carbons (Fsp3) is 0.0870. The molecule has 1 heterocycles. The minimum atomic E-state index is 0.738. The topological polar surface area (TPSA) is 27.0 Å². The number of nitriles is 1. The number of nitrogens with zero attached hydrogens (tertiary/aromatic N) is 2. The maximum absolute atomic E-state index is 9.05. The van der Waals surface area contributed by atoms with Crippen LogP contribution in [0.5, 0.6) is 0 Å². The van der Waals surface area contributed by atoms with Crippen molar-refractivity contribution in [3.63, 3.8) is 0 Å². The average molecular weight is 322 g/mol. The van der Waals surface area contributed by atoms with Gasteiger partial charge in [-0.05, 0) is 53.4 Å². The maximum Gasteiger partial charge on any atom is 0.0991 e. The zero-order valence-corrected chi connectivity index (χ0v) is 13.9. The first kappa shape index (κ1) is 15.2. The summed E-state index contributed by atoms with van der Waals surface area (Å²) < 4.78 is 0. The van der Waals surface area contributed by atoms with Gasteiger partial charge in [0, 0.05) is 17.9 Å². The molecule has 25 heavy (non-hydrogen) atoms. The Balaban J connectivity index is 1.54. The Morgan fingerprint density at radius 1 is 0.840 bits per heavy atom. The van der Waals surface area contributed by atoms with Gasteiger partial charge in [0.15, 0.2) is 0 Å². The number of rotatable bonds is 3. The zero-order chi connectivity index (χ0) is 17.1. The molecule has 0 aromatic heterocycles. The lowest BCUT2D eigenvalue weighted by atomic mass is 10.1. The van der Waals surface area contributed by atoms with Gasteiger partial charge in [-0.1, -0.05) is 54.6 Å². The van der Waals surface area contributed by atoms with E-state index in [0.717, 1.165) is 18.5 Å². The average Bonchev–Trinajstić information content (AvgIpc) is 3.10. The summed E-state index contributed by atoms with van der Waals surface area (Å²) in [6, 6.07) is 27.1. The molecule has 0 spiro atoms. The van der Waals surface area contributed by atoms with Crippen LogP contribution in [-0.2, 0) is 6.42 Å². The predicted molar refractivity (Wildman–Crippen MR) is 104 cm³/mol. The van der Waals surface area contributed by atoms with Crippen LogP contribution >= 0.6 is 0 Å². The summed E-state index contributed by atoms with van der Waals surface area (Å²) in [5, 5.41) is 9.05. The molecule has 0 amide bonds. The normalized spacial score (nSPS) is 13.0. The summed E-state index contributed by atoms with van der Waals surface area (Å²) >= 11 is 0. The molecule has 4 rings (SSSR count). The smallest absolute Gasteiger partial charge is 0.0991 e. The van der Waals surface area contributed by atoms with Crippen molar-refractivity contribution >= 4 is 23.5 Å². The number of anilines is 2. The molecule has 2 nitrogen and oxygen atoms in total. The van der Waals surface area contributed by atoms with Crippen LogP contribution in [0.2, 0.25) is 0 Å². The molecule has 0 N–H and O–H groups in total. The lowest BCUT2D eigenvalue weighted by Crippen LogP contribution is -2.12. The van der Waals surface area contributed by atoms with E-state index in [4.69, 9.17) is 5.26 Å². The highest BCUT2D eigenvalue weighted by molar-refractivity contribution is 5.74. The van der Waals surface area contributed by atoms with E-state index >= 15 is 0 Å². The lowest BCUT2D eigenvalue weighted by Gasteiger charge is -2.19. The molecule has 0 bridgehead atoms. The molecule has 0 atom stereocenters. The van der Waals surface area contributed by atoms with Crippen molar-refractivity contribution in [1.82, 2.24) is 0 Å². The van der Waals surface area contributed by atoms with E-state index in [2.05, 4.69) is 65.6 Å². The number of benzene rings is 3. The van der Waals surface area contributed by atoms with E-state index in [1.807, 2.05) is 30.3 Å². The summed E-state index contributed by atoms with van der Waals surface area (Å²) in [6.45, 7) is 0.962. The molecule has 1 aliphatic heterocycles. The zero-order valence-electron chi connectivity index (χ0n) is 13.9. The van der Waals surface area contributed by atoms with Crippen LogP contribution in [0.4, 0.5) is 11.4 Å². The molecule has 0 fully saturated rings.